The van der Waals surface area contributed by atoms with Gasteiger partial charge in [-0.2, -0.15) is 9.97 Å². The lowest BCUT2D eigenvalue weighted by molar-refractivity contribution is 0.0953. The highest BCUT2D eigenvalue weighted by molar-refractivity contribution is 7.12. The van der Waals surface area contributed by atoms with Gasteiger partial charge in [0.1, 0.15) is 0 Å². The topological polar surface area (TPSA) is 146 Å². The Morgan fingerprint density at radius 2 is 1.22 bits per heavy atom. The van der Waals surface area contributed by atoms with Crippen molar-refractivity contribution in [1.29, 1.82) is 0 Å². The van der Waals surface area contributed by atoms with Crippen LogP contribution in [-0.2, 0) is 22.6 Å². The molecule has 4 aromatic heterocycles. The molecule has 0 aliphatic carbocycles. The average molecular weight is 663 g/mol. The molecule has 12 nitrogen and oxygen atoms in total. The Hall–Kier alpha value is -4.12. The van der Waals surface area contributed by atoms with E-state index in [1.165, 1.54) is 31.8 Å². The number of thiophene rings is 2. The van der Waals surface area contributed by atoms with Crippen molar-refractivity contribution in [2.75, 3.05) is 23.8 Å². The highest BCUT2D eigenvalue weighted by Crippen LogP contribution is 2.17. The van der Waals surface area contributed by atoms with E-state index in [2.05, 4.69) is 20.6 Å². The molecule has 4 aromatic rings. The Bertz CT molecular complexity index is 1570. The lowest BCUT2D eigenvalue weighted by Gasteiger charge is -2.12. The van der Waals surface area contributed by atoms with Gasteiger partial charge in [-0.25, -0.2) is 18.4 Å². The molecule has 0 radical (unpaired) electrons. The maximum Gasteiger partial charge on any atom is 0.349 e. The molecule has 16 heteroatoms. The first-order chi connectivity index (χ1) is 21.3. The number of anilines is 2. The minimum Gasteiger partial charge on any atom is -0.376 e. The molecule has 6 rings (SSSR count). The summed E-state index contributed by atoms with van der Waals surface area (Å²) < 4.78 is 41.2. The molecule has 2 N–H and O–H groups in total. The summed E-state index contributed by atoms with van der Waals surface area (Å²) in [6.45, 7) is 1.85. The van der Waals surface area contributed by atoms with E-state index in [1.807, 2.05) is 0 Å². The SMILES string of the molecule is C.O=C(Nc1nc(=O)n(CC2CCCO2)cc1F)c1cccs1.O=C(Nc1nc(=O)n(CC2CCCO2)cc1F)c1cccs1. The lowest BCUT2D eigenvalue weighted by atomic mass is 10.2. The van der Waals surface area contributed by atoms with E-state index in [-0.39, 0.29) is 44.4 Å². The van der Waals surface area contributed by atoms with Crippen molar-refractivity contribution < 1.29 is 27.8 Å². The van der Waals surface area contributed by atoms with Crippen LogP contribution in [0, 0.1) is 11.6 Å². The zero-order chi connectivity index (χ0) is 31.1. The number of nitrogens with zero attached hydrogens (tertiary/aromatic N) is 4. The van der Waals surface area contributed by atoms with Gasteiger partial charge in [-0.15, -0.1) is 22.7 Å². The summed E-state index contributed by atoms with van der Waals surface area (Å²) in [5.74, 6) is -3.18. The van der Waals surface area contributed by atoms with E-state index in [0.717, 1.165) is 38.1 Å². The van der Waals surface area contributed by atoms with Gasteiger partial charge in [-0.1, -0.05) is 19.6 Å². The molecule has 2 amide bonds. The van der Waals surface area contributed by atoms with Crippen LogP contribution in [-0.4, -0.2) is 56.3 Å². The predicted molar refractivity (Wildman–Crippen MR) is 166 cm³/mol. The Morgan fingerprint density at radius 1 is 0.800 bits per heavy atom. The van der Waals surface area contributed by atoms with Gasteiger partial charge in [-0.05, 0) is 48.6 Å². The monoisotopic (exact) mass is 662 g/mol. The lowest BCUT2D eigenvalue weighted by Crippen LogP contribution is -2.30. The largest absolute Gasteiger partial charge is 0.376 e. The van der Waals surface area contributed by atoms with Crippen molar-refractivity contribution in [3.8, 4) is 0 Å². The van der Waals surface area contributed by atoms with E-state index >= 15 is 0 Å². The maximum atomic E-state index is 14.0. The Balaban J connectivity index is 0.000000200. The van der Waals surface area contributed by atoms with E-state index in [0.29, 0.717) is 23.0 Å². The van der Waals surface area contributed by atoms with E-state index in [4.69, 9.17) is 9.47 Å². The summed E-state index contributed by atoms with van der Waals surface area (Å²) in [4.78, 5) is 55.7. The third-order valence-electron chi connectivity index (χ3n) is 6.70. The summed E-state index contributed by atoms with van der Waals surface area (Å²) in [5.41, 5.74) is -1.23. The number of amides is 2. The zero-order valence-electron chi connectivity index (χ0n) is 23.2. The standard InChI is InChI=1S/2C14H14FN3O3S.CH4/c2*15-10-8-18(7-9-3-1-5-21-9)14(20)17-12(10)16-13(19)11-4-2-6-22-11;/h2*2,4,6,8-9H,1,3,5,7H2,(H,16,17,19,20);1H4. The second-order valence-corrected chi connectivity index (χ2v) is 11.8. The number of nitrogens with one attached hydrogen (secondary N) is 2. The highest BCUT2D eigenvalue weighted by atomic mass is 32.1. The third kappa shape index (κ3) is 8.97. The fourth-order valence-corrected chi connectivity index (χ4v) is 5.78. The van der Waals surface area contributed by atoms with Crippen LogP contribution >= 0.6 is 22.7 Å². The number of aromatic nitrogens is 4. The Labute approximate surface area is 264 Å². The van der Waals surface area contributed by atoms with Gasteiger partial charge in [0.15, 0.2) is 23.3 Å². The quantitative estimate of drug-likeness (QED) is 0.283. The molecule has 240 valence electrons. The summed E-state index contributed by atoms with van der Waals surface area (Å²) in [5, 5.41) is 8.10. The van der Waals surface area contributed by atoms with Crippen LogP contribution in [0.25, 0.3) is 0 Å². The summed E-state index contributed by atoms with van der Waals surface area (Å²) in [6, 6.07) is 6.64. The molecule has 2 unspecified atom stereocenters. The minimum atomic E-state index is -0.748. The Kier molecular flexibility index (Phi) is 11.8. The van der Waals surface area contributed by atoms with Crippen LogP contribution < -0.4 is 22.0 Å². The molecular weight excluding hydrogens is 630 g/mol. The molecule has 0 bridgehead atoms. The first-order valence-corrected chi connectivity index (χ1v) is 15.5. The fourth-order valence-electron chi connectivity index (χ4n) is 4.54. The van der Waals surface area contributed by atoms with Crippen molar-refractivity contribution in [3.63, 3.8) is 0 Å². The summed E-state index contributed by atoms with van der Waals surface area (Å²) in [7, 11) is 0. The van der Waals surface area contributed by atoms with E-state index < -0.39 is 34.8 Å². The molecule has 45 heavy (non-hydrogen) atoms. The molecule has 2 aliphatic heterocycles. The van der Waals surface area contributed by atoms with Gasteiger partial charge in [0.25, 0.3) is 11.8 Å². The Morgan fingerprint density at radius 3 is 1.56 bits per heavy atom. The van der Waals surface area contributed by atoms with Crippen LogP contribution in [0.2, 0.25) is 0 Å². The smallest absolute Gasteiger partial charge is 0.349 e. The van der Waals surface area contributed by atoms with E-state index in [9.17, 15) is 28.0 Å². The highest BCUT2D eigenvalue weighted by Gasteiger charge is 2.20. The predicted octanol–water partition coefficient (Wildman–Crippen LogP) is 4.39. The summed E-state index contributed by atoms with van der Waals surface area (Å²) in [6.07, 6.45) is 5.47. The number of halogens is 2. The minimum absolute atomic E-state index is 0. The van der Waals surface area contributed by atoms with Crippen molar-refractivity contribution >= 4 is 46.1 Å². The van der Waals surface area contributed by atoms with Crippen LogP contribution in [0.5, 0.6) is 0 Å². The molecule has 0 saturated carbocycles. The number of hydrogen-bond donors (Lipinski definition) is 2. The summed E-state index contributed by atoms with van der Waals surface area (Å²) >= 11 is 2.45. The number of rotatable bonds is 8. The molecule has 2 saturated heterocycles. The molecule has 2 aliphatic rings. The second kappa shape index (κ2) is 15.7. The zero-order valence-corrected chi connectivity index (χ0v) is 24.9. The van der Waals surface area contributed by atoms with Crippen LogP contribution in [0.1, 0.15) is 52.5 Å². The van der Waals surface area contributed by atoms with Gasteiger partial charge in [0.2, 0.25) is 0 Å². The molecular formula is C29H32F2N6O6S2. The molecule has 0 aromatic carbocycles. The number of carbonyl (C=O) groups is 2. The molecule has 2 fully saturated rings. The van der Waals surface area contributed by atoms with Crippen LogP contribution in [0.4, 0.5) is 20.4 Å². The number of hydrogen-bond acceptors (Lipinski definition) is 10. The van der Waals surface area contributed by atoms with Crippen molar-refractivity contribution in [1.82, 2.24) is 19.1 Å². The molecule has 6 heterocycles. The molecule has 0 spiro atoms. The maximum absolute atomic E-state index is 14.0. The van der Waals surface area contributed by atoms with Crippen LogP contribution in [0.3, 0.4) is 0 Å². The van der Waals surface area contributed by atoms with Crippen molar-refractivity contribution in [2.45, 2.75) is 58.4 Å². The van der Waals surface area contributed by atoms with Gasteiger partial charge < -0.3 is 20.1 Å². The second-order valence-electron chi connectivity index (χ2n) is 9.88. The average Bonchev–Trinajstić information content (AvgIpc) is 3.82. The van der Waals surface area contributed by atoms with Gasteiger partial charge in [-0.3, -0.25) is 18.7 Å². The first kappa shape index (κ1) is 33.8. The molecule has 2 atom stereocenters. The first-order valence-electron chi connectivity index (χ1n) is 13.7. The number of carbonyl (C=O) groups excluding carboxylic acids is 2. The van der Waals surface area contributed by atoms with Gasteiger partial charge in [0, 0.05) is 25.6 Å². The van der Waals surface area contributed by atoms with Crippen molar-refractivity contribution in [3.05, 3.63) is 89.8 Å². The number of ether oxygens (including phenoxy) is 2. The normalized spacial score (nSPS) is 17.2. The van der Waals surface area contributed by atoms with Gasteiger partial charge in [0.05, 0.1) is 35.1 Å². The van der Waals surface area contributed by atoms with E-state index in [1.54, 1.807) is 35.0 Å². The fraction of sp³-hybridized carbons (Fsp3) is 0.379. The van der Waals surface area contributed by atoms with Crippen LogP contribution in [0.15, 0.2) is 57.0 Å². The van der Waals surface area contributed by atoms with Crippen molar-refractivity contribution in [2.24, 2.45) is 0 Å². The third-order valence-corrected chi connectivity index (χ3v) is 8.44. The van der Waals surface area contributed by atoms with Gasteiger partial charge >= 0.3 is 11.4 Å².